The number of carbonyl (C=O) groups is 1. The van der Waals surface area contributed by atoms with Crippen LogP contribution < -0.4 is 5.32 Å². The first-order chi connectivity index (χ1) is 11.0. The standard InChI is InChI=1S/C15H28N6O2/c1-11(2)9-20-5-6-21(10-13(20)4-7-22)15(23)16-8-14-17-12(3)18-19-14/h11,13,22H,4-10H2,1-3H3,(H,16,23)(H,17,18,19)/t13-/m1/s1. The number of H-pyrrole nitrogens is 1. The normalized spacial score (nSPS) is 19.3. The summed E-state index contributed by atoms with van der Waals surface area (Å²) in [6.07, 6.45) is 0.691. The molecule has 0 radical (unpaired) electrons. The number of aliphatic hydroxyl groups is 1. The molecule has 0 aliphatic carbocycles. The number of piperazine rings is 1. The summed E-state index contributed by atoms with van der Waals surface area (Å²) in [7, 11) is 0. The molecule has 8 nitrogen and oxygen atoms in total. The topological polar surface area (TPSA) is 97.4 Å². The molecule has 1 atom stereocenters. The molecule has 130 valence electrons. The van der Waals surface area contributed by atoms with Gasteiger partial charge in [0.05, 0.1) is 6.54 Å². The number of carbonyl (C=O) groups excluding carboxylic acids is 1. The Morgan fingerprint density at radius 1 is 1.48 bits per heavy atom. The van der Waals surface area contributed by atoms with E-state index in [0.29, 0.717) is 37.8 Å². The molecule has 1 aliphatic rings. The fraction of sp³-hybridized carbons (Fsp3) is 0.800. The molecule has 1 saturated heterocycles. The Kier molecular flexibility index (Phi) is 6.35. The maximum Gasteiger partial charge on any atom is 0.317 e. The number of aryl methyl sites for hydroxylation is 1. The summed E-state index contributed by atoms with van der Waals surface area (Å²) in [6, 6.07) is 0.118. The van der Waals surface area contributed by atoms with E-state index in [1.165, 1.54) is 0 Å². The third kappa shape index (κ3) is 5.18. The number of rotatable bonds is 6. The van der Waals surface area contributed by atoms with Crippen LogP contribution in [0.1, 0.15) is 31.9 Å². The molecule has 23 heavy (non-hydrogen) atoms. The van der Waals surface area contributed by atoms with Crippen molar-refractivity contribution in [3.63, 3.8) is 0 Å². The number of nitrogens with zero attached hydrogens (tertiary/aromatic N) is 4. The monoisotopic (exact) mass is 324 g/mol. The number of urea groups is 1. The second-order valence-corrected chi connectivity index (χ2v) is 6.50. The van der Waals surface area contributed by atoms with Crippen molar-refractivity contribution in [1.29, 1.82) is 0 Å². The van der Waals surface area contributed by atoms with Crippen LogP contribution in [0.4, 0.5) is 4.79 Å². The van der Waals surface area contributed by atoms with Gasteiger partial charge in [-0.05, 0) is 19.3 Å². The molecule has 0 saturated carbocycles. The Labute approximate surface area is 137 Å². The van der Waals surface area contributed by atoms with Gasteiger partial charge in [-0.3, -0.25) is 10.00 Å². The minimum atomic E-state index is -0.0976. The number of nitrogens with one attached hydrogen (secondary N) is 2. The Morgan fingerprint density at radius 3 is 2.87 bits per heavy atom. The smallest absolute Gasteiger partial charge is 0.317 e. The maximum atomic E-state index is 12.3. The third-order valence-electron chi connectivity index (χ3n) is 4.00. The molecule has 2 heterocycles. The zero-order valence-electron chi connectivity index (χ0n) is 14.2. The molecule has 1 aromatic rings. The van der Waals surface area contributed by atoms with E-state index >= 15 is 0 Å². The third-order valence-corrected chi connectivity index (χ3v) is 4.00. The molecule has 0 spiro atoms. The fourth-order valence-corrected chi connectivity index (χ4v) is 2.94. The highest BCUT2D eigenvalue weighted by Crippen LogP contribution is 2.15. The van der Waals surface area contributed by atoms with Gasteiger partial charge in [0.25, 0.3) is 0 Å². The molecular formula is C15H28N6O2. The Bertz CT molecular complexity index is 504. The molecule has 1 fully saturated rings. The van der Waals surface area contributed by atoms with Crippen LogP contribution in [0.25, 0.3) is 0 Å². The molecule has 3 N–H and O–H groups in total. The Hall–Kier alpha value is -1.67. The SMILES string of the molecule is Cc1nc(CNC(=O)N2CCN(CC(C)C)[C@H](CCO)C2)n[nH]1. The number of aliphatic hydroxyl groups excluding tert-OH is 1. The van der Waals surface area contributed by atoms with Crippen molar-refractivity contribution in [3.8, 4) is 0 Å². The van der Waals surface area contributed by atoms with Gasteiger partial charge in [-0.2, -0.15) is 5.10 Å². The molecular weight excluding hydrogens is 296 g/mol. The van der Waals surface area contributed by atoms with E-state index in [1.54, 1.807) is 0 Å². The lowest BCUT2D eigenvalue weighted by molar-refractivity contribution is 0.0654. The van der Waals surface area contributed by atoms with E-state index in [2.05, 4.69) is 39.2 Å². The van der Waals surface area contributed by atoms with E-state index in [0.717, 1.165) is 18.9 Å². The van der Waals surface area contributed by atoms with Crippen molar-refractivity contribution in [2.24, 2.45) is 5.92 Å². The van der Waals surface area contributed by atoms with Gasteiger partial charge in [0.15, 0.2) is 5.82 Å². The van der Waals surface area contributed by atoms with Gasteiger partial charge in [0.1, 0.15) is 5.82 Å². The predicted molar refractivity (Wildman–Crippen MR) is 86.8 cm³/mol. The van der Waals surface area contributed by atoms with Crippen molar-refractivity contribution < 1.29 is 9.90 Å². The quantitative estimate of drug-likeness (QED) is 0.701. The van der Waals surface area contributed by atoms with Crippen LogP contribution in [0.3, 0.4) is 0 Å². The van der Waals surface area contributed by atoms with Crippen LogP contribution in [0.2, 0.25) is 0 Å². The molecule has 1 aliphatic heterocycles. The van der Waals surface area contributed by atoms with Crippen molar-refractivity contribution in [3.05, 3.63) is 11.6 Å². The minimum Gasteiger partial charge on any atom is -0.396 e. The van der Waals surface area contributed by atoms with E-state index < -0.39 is 0 Å². The molecule has 2 rings (SSSR count). The summed E-state index contributed by atoms with van der Waals surface area (Å²) in [5.74, 6) is 1.89. The van der Waals surface area contributed by atoms with E-state index in [1.807, 2.05) is 11.8 Å². The van der Waals surface area contributed by atoms with E-state index in [-0.39, 0.29) is 18.7 Å². The number of aromatic amines is 1. The summed E-state index contributed by atoms with van der Waals surface area (Å²) in [6.45, 7) is 9.85. The minimum absolute atomic E-state index is 0.0976. The zero-order valence-corrected chi connectivity index (χ0v) is 14.2. The first kappa shape index (κ1) is 17.7. The maximum absolute atomic E-state index is 12.3. The highest BCUT2D eigenvalue weighted by Gasteiger charge is 2.29. The summed E-state index contributed by atoms with van der Waals surface area (Å²) < 4.78 is 0. The van der Waals surface area contributed by atoms with Gasteiger partial charge in [-0.25, -0.2) is 9.78 Å². The predicted octanol–water partition coefficient (Wildman–Crippen LogP) is 0.347. The van der Waals surface area contributed by atoms with Gasteiger partial charge in [-0.15, -0.1) is 0 Å². The number of hydrogen-bond acceptors (Lipinski definition) is 5. The highest BCUT2D eigenvalue weighted by atomic mass is 16.3. The summed E-state index contributed by atoms with van der Waals surface area (Å²) >= 11 is 0. The van der Waals surface area contributed by atoms with Crippen LogP contribution in [-0.4, -0.2) is 74.9 Å². The van der Waals surface area contributed by atoms with Gasteiger partial charge in [0, 0.05) is 38.8 Å². The second-order valence-electron chi connectivity index (χ2n) is 6.50. The van der Waals surface area contributed by atoms with Crippen molar-refractivity contribution in [2.45, 2.75) is 39.8 Å². The average Bonchev–Trinajstić information content (AvgIpc) is 2.92. The molecule has 0 unspecified atom stereocenters. The Morgan fingerprint density at radius 2 is 2.26 bits per heavy atom. The number of hydrogen-bond donors (Lipinski definition) is 3. The van der Waals surface area contributed by atoms with Gasteiger partial charge in [0.2, 0.25) is 0 Å². The number of aromatic nitrogens is 3. The largest absolute Gasteiger partial charge is 0.396 e. The summed E-state index contributed by atoms with van der Waals surface area (Å²) in [5, 5.41) is 18.9. The van der Waals surface area contributed by atoms with Crippen molar-refractivity contribution in [1.82, 2.24) is 30.3 Å². The van der Waals surface area contributed by atoms with Crippen molar-refractivity contribution >= 4 is 6.03 Å². The molecule has 1 aromatic heterocycles. The average molecular weight is 324 g/mol. The van der Waals surface area contributed by atoms with E-state index in [9.17, 15) is 9.90 Å². The highest BCUT2D eigenvalue weighted by molar-refractivity contribution is 5.74. The number of amides is 2. The molecule has 2 amide bonds. The lowest BCUT2D eigenvalue weighted by atomic mass is 10.1. The summed E-state index contributed by atoms with van der Waals surface area (Å²) in [5.41, 5.74) is 0. The lowest BCUT2D eigenvalue weighted by Gasteiger charge is -2.42. The van der Waals surface area contributed by atoms with Crippen LogP contribution in [0.5, 0.6) is 0 Å². The zero-order chi connectivity index (χ0) is 16.8. The fourth-order valence-electron chi connectivity index (χ4n) is 2.94. The van der Waals surface area contributed by atoms with Crippen LogP contribution in [0.15, 0.2) is 0 Å². The lowest BCUT2D eigenvalue weighted by Crippen LogP contribution is -2.57. The molecule has 0 bridgehead atoms. The summed E-state index contributed by atoms with van der Waals surface area (Å²) in [4.78, 5) is 20.7. The first-order valence-corrected chi connectivity index (χ1v) is 8.25. The van der Waals surface area contributed by atoms with Gasteiger partial charge < -0.3 is 15.3 Å². The Balaban J connectivity index is 1.86. The van der Waals surface area contributed by atoms with Gasteiger partial charge >= 0.3 is 6.03 Å². The molecule has 8 heteroatoms. The second kappa shape index (κ2) is 8.26. The van der Waals surface area contributed by atoms with Crippen molar-refractivity contribution in [2.75, 3.05) is 32.8 Å². The van der Waals surface area contributed by atoms with Crippen LogP contribution >= 0.6 is 0 Å². The van der Waals surface area contributed by atoms with Crippen LogP contribution in [-0.2, 0) is 6.54 Å². The molecule has 0 aromatic carbocycles. The van der Waals surface area contributed by atoms with Crippen LogP contribution in [0, 0.1) is 12.8 Å². The van der Waals surface area contributed by atoms with Gasteiger partial charge in [-0.1, -0.05) is 13.8 Å². The first-order valence-electron chi connectivity index (χ1n) is 8.25. The van der Waals surface area contributed by atoms with E-state index in [4.69, 9.17) is 0 Å².